The number of ketones is 1. The van der Waals surface area contributed by atoms with E-state index in [4.69, 9.17) is 9.47 Å². The first-order valence-electron chi connectivity index (χ1n) is 14.8. The van der Waals surface area contributed by atoms with E-state index in [0.717, 1.165) is 33.7 Å². The molecule has 48 heavy (non-hydrogen) atoms. The maximum atomic E-state index is 14.7. The van der Waals surface area contributed by atoms with E-state index in [1.807, 2.05) is 36.4 Å². The monoisotopic (exact) mass is 675 g/mol. The molecule has 1 aliphatic heterocycles. The van der Waals surface area contributed by atoms with Crippen LogP contribution in [0.3, 0.4) is 0 Å². The first-order valence-corrected chi connectivity index (χ1v) is 16.6. The Morgan fingerprint density at radius 3 is 2.46 bits per heavy atom. The van der Waals surface area contributed by atoms with Gasteiger partial charge >= 0.3 is 5.91 Å². The number of anilines is 1. The first-order chi connectivity index (χ1) is 23.4. The zero-order chi connectivity index (χ0) is 33.2. The molecule has 1 saturated heterocycles. The zero-order valence-electron chi connectivity index (χ0n) is 25.4. The Morgan fingerprint density at radius 1 is 0.896 bits per heavy atom. The van der Waals surface area contributed by atoms with E-state index < -0.39 is 29.3 Å². The SMILES string of the molecule is COc1ccc(/C(O)=C2/C(=O)C(=O)N(c3nnc(SCc4cccc5ccccc45)s3)C2c2cccc(Oc3ccccc3)c2)cc1F. The number of hydrogen-bond acceptors (Lipinski definition) is 9. The third-order valence-corrected chi connectivity index (χ3v) is 9.96. The fourth-order valence-corrected chi connectivity index (χ4v) is 7.47. The highest BCUT2D eigenvalue weighted by molar-refractivity contribution is 8.00. The molecule has 1 amide bonds. The lowest BCUT2D eigenvalue weighted by Gasteiger charge is -2.23. The number of amides is 1. The standard InChI is InChI=1S/C37H26FN3O5S2/c1-45-30-18-17-24(20-29(30)38)33(42)31-32(23-11-8-15-27(19-23)46-26-13-3-2-4-14-26)41(35(44)34(31)43)36-39-40-37(48-36)47-21-25-12-7-10-22-9-5-6-16-28(22)25/h2-20,32,42H,21H2,1H3/b33-31-. The van der Waals surface area contributed by atoms with Gasteiger partial charge in [0.25, 0.3) is 5.78 Å². The Labute approximate surface area is 283 Å². The van der Waals surface area contributed by atoms with Crippen LogP contribution in [0.25, 0.3) is 16.5 Å². The maximum Gasteiger partial charge on any atom is 0.301 e. The lowest BCUT2D eigenvalue weighted by atomic mass is 9.95. The van der Waals surface area contributed by atoms with Crippen LogP contribution in [-0.2, 0) is 15.3 Å². The maximum absolute atomic E-state index is 14.7. The summed E-state index contributed by atoms with van der Waals surface area (Å²) in [5.74, 6) is -1.49. The molecule has 1 fully saturated rings. The van der Waals surface area contributed by atoms with Crippen molar-refractivity contribution in [3.63, 3.8) is 0 Å². The molecule has 0 radical (unpaired) electrons. The number of carbonyl (C=O) groups excluding carboxylic acids is 2. The van der Waals surface area contributed by atoms with Gasteiger partial charge in [0, 0.05) is 11.3 Å². The lowest BCUT2D eigenvalue weighted by molar-refractivity contribution is -0.132. The van der Waals surface area contributed by atoms with E-state index in [0.29, 0.717) is 27.2 Å². The molecule has 1 aliphatic rings. The van der Waals surface area contributed by atoms with Crippen LogP contribution < -0.4 is 14.4 Å². The van der Waals surface area contributed by atoms with E-state index in [-0.39, 0.29) is 22.0 Å². The van der Waals surface area contributed by atoms with Gasteiger partial charge in [-0.1, -0.05) is 95.9 Å². The number of thioether (sulfide) groups is 1. The van der Waals surface area contributed by atoms with Gasteiger partial charge in [-0.2, -0.15) is 0 Å². The molecule has 1 unspecified atom stereocenters. The van der Waals surface area contributed by atoms with Gasteiger partial charge in [-0.15, -0.1) is 10.2 Å². The molecule has 0 saturated carbocycles. The molecule has 1 aromatic heterocycles. The molecule has 1 N–H and O–H groups in total. The number of halogens is 1. The zero-order valence-corrected chi connectivity index (χ0v) is 27.0. The number of carbonyl (C=O) groups is 2. The first kappa shape index (κ1) is 31.1. The molecule has 2 heterocycles. The van der Waals surface area contributed by atoms with Crippen LogP contribution in [0.2, 0.25) is 0 Å². The number of rotatable bonds is 9. The number of aromatic nitrogens is 2. The molecular formula is C37H26FN3O5S2. The number of fused-ring (bicyclic) bond motifs is 1. The minimum atomic E-state index is -1.11. The van der Waals surface area contributed by atoms with Crippen LogP contribution in [0.15, 0.2) is 125 Å². The van der Waals surface area contributed by atoms with Crippen LogP contribution in [0.5, 0.6) is 17.2 Å². The second kappa shape index (κ2) is 13.3. The predicted molar refractivity (Wildman–Crippen MR) is 184 cm³/mol. The highest BCUT2D eigenvalue weighted by atomic mass is 32.2. The number of Topliss-reactive ketones (excluding diaryl/α,β-unsaturated/α-hetero) is 1. The summed E-state index contributed by atoms with van der Waals surface area (Å²) in [5, 5.41) is 22.6. The fraction of sp³-hybridized carbons (Fsp3) is 0.0811. The van der Waals surface area contributed by atoms with Crippen molar-refractivity contribution in [3.05, 3.63) is 143 Å². The van der Waals surface area contributed by atoms with Gasteiger partial charge in [-0.25, -0.2) is 4.39 Å². The molecule has 1 atom stereocenters. The minimum absolute atomic E-state index is 0.0107. The smallest absolute Gasteiger partial charge is 0.301 e. The number of nitrogens with zero attached hydrogens (tertiary/aromatic N) is 3. The normalized spacial score (nSPS) is 15.6. The number of aliphatic hydroxyl groups excluding tert-OH is 1. The summed E-state index contributed by atoms with van der Waals surface area (Å²) in [4.78, 5) is 28.7. The van der Waals surface area contributed by atoms with Crippen LogP contribution in [0, 0.1) is 5.82 Å². The van der Waals surface area contributed by atoms with E-state index >= 15 is 0 Å². The van der Waals surface area contributed by atoms with Crippen molar-refractivity contribution in [1.29, 1.82) is 0 Å². The third-order valence-electron chi connectivity index (χ3n) is 7.86. The lowest BCUT2D eigenvalue weighted by Crippen LogP contribution is -2.29. The molecule has 7 rings (SSSR count). The summed E-state index contributed by atoms with van der Waals surface area (Å²) < 4.78 is 26.4. The third kappa shape index (κ3) is 6.01. The Hall–Kier alpha value is -5.52. The molecule has 11 heteroatoms. The number of para-hydroxylation sites is 1. The van der Waals surface area contributed by atoms with Crippen LogP contribution in [-0.4, -0.2) is 34.1 Å². The van der Waals surface area contributed by atoms with Gasteiger partial charge in [-0.3, -0.25) is 14.5 Å². The summed E-state index contributed by atoms with van der Waals surface area (Å²) in [6.45, 7) is 0. The molecule has 6 aromatic rings. The van der Waals surface area contributed by atoms with Crippen molar-refractivity contribution in [1.82, 2.24) is 10.2 Å². The fourth-order valence-electron chi connectivity index (χ4n) is 5.60. The summed E-state index contributed by atoms with van der Waals surface area (Å²) in [5.41, 5.74) is 1.38. The summed E-state index contributed by atoms with van der Waals surface area (Å²) in [6.07, 6.45) is 0. The molecule has 5 aromatic carbocycles. The van der Waals surface area contributed by atoms with Gasteiger partial charge in [0.05, 0.1) is 18.7 Å². The van der Waals surface area contributed by atoms with E-state index in [1.54, 1.807) is 36.4 Å². The summed E-state index contributed by atoms with van der Waals surface area (Å²) >= 11 is 2.63. The van der Waals surface area contributed by atoms with Crippen LogP contribution >= 0.6 is 23.1 Å². The van der Waals surface area contributed by atoms with Crippen molar-refractivity contribution in [2.45, 2.75) is 16.1 Å². The van der Waals surface area contributed by atoms with Gasteiger partial charge in [0.2, 0.25) is 5.13 Å². The van der Waals surface area contributed by atoms with E-state index in [2.05, 4.69) is 34.5 Å². The van der Waals surface area contributed by atoms with E-state index in [9.17, 15) is 19.1 Å². The van der Waals surface area contributed by atoms with Crippen molar-refractivity contribution in [3.8, 4) is 17.2 Å². The van der Waals surface area contributed by atoms with Gasteiger partial charge in [-0.05, 0) is 64.4 Å². The van der Waals surface area contributed by atoms with Crippen molar-refractivity contribution in [2.75, 3.05) is 12.0 Å². The number of aliphatic hydroxyl groups is 1. The molecular weight excluding hydrogens is 650 g/mol. The quantitative estimate of drug-likeness (QED) is 0.0535. The van der Waals surface area contributed by atoms with E-state index in [1.165, 1.54) is 35.9 Å². The Balaban J connectivity index is 1.27. The van der Waals surface area contributed by atoms with Crippen molar-refractivity contribution < 1.29 is 28.6 Å². The Kier molecular flexibility index (Phi) is 8.62. The number of hydrogen-bond donors (Lipinski definition) is 1. The van der Waals surface area contributed by atoms with Crippen LogP contribution in [0.1, 0.15) is 22.7 Å². The number of ether oxygens (including phenoxy) is 2. The Morgan fingerprint density at radius 2 is 1.65 bits per heavy atom. The van der Waals surface area contributed by atoms with Crippen molar-refractivity contribution >= 4 is 56.5 Å². The predicted octanol–water partition coefficient (Wildman–Crippen LogP) is 8.55. The minimum Gasteiger partial charge on any atom is -0.507 e. The van der Waals surface area contributed by atoms with Gasteiger partial charge in [0.15, 0.2) is 15.9 Å². The summed E-state index contributed by atoms with van der Waals surface area (Å²) in [6, 6.07) is 33.0. The largest absolute Gasteiger partial charge is 0.507 e. The number of methoxy groups -OCH3 is 1. The van der Waals surface area contributed by atoms with Gasteiger partial charge < -0.3 is 14.6 Å². The second-order valence-electron chi connectivity index (χ2n) is 10.8. The molecule has 0 aliphatic carbocycles. The van der Waals surface area contributed by atoms with Gasteiger partial charge in [0.1, 0.15) is 17.3 Å². The molecule has 8 nitrogen and oxygen atoms in total. The van der Waals surface area contributed by atoms with Crippen molar-refractivity contribution in [2.24, 2.45) is 0 Å². The average Bonchev–Trinajstić information content (AvgIpc) is 3.69. The molecule has 0 bridgehead atoms. The molecule has 0 spiro atoms. The highest BCUT2D eigenvalue weighted by Crippen LogP contribution is 2.45. The summed E-state index contributed by atoms with van der Waals surface area (Å²) in [7, 11) is 1.32. The molecule has 238 valence electrons. The number of benzene rings is 5. The Bertz CT molecular complexity index is 2200. The highest BCUT2D eigenvalue weighted by Gasteiger charge is 2.48. The van der Waals surface area contributed by atoms with Crippen LogP contribution in [0.4, 0.5) is 9.52 Å². The topological polar surface area (TPSA) is 102 Å². The average molecular weight is 676 g/mol. The second-order valence-corrected chi connectivity index (χ2v) is 13.0.